The first-order chi connectivity index (χ1) is 9.15. The van der Waals surface area contributed by atoms with Crippen LogP contribution in [-0.2, 0) is 0 Å². The van der Waals surface area contributed by atoms with Gasteiger partial charge in [0, 0.05) is 6.04 Å². The van der Waals surface area contributed by atoms with Crippen LogP contribution in [0, 0.1) is 25.7 Å². The van der Waals surface area contributed by atoms with Crippen molar-refractivity contribution in [1.29, 1.82) is 0 Å². The Kier molecular flexibility index (Phi) is 5.04. The first-order valence-corrected chi connectivity index (χ1v) is 7.90. The molecule has 1 nitrogen and oxygen atoms in total. The molecule has 106 valence electrons. The van der Waals surface area contributed by atoms with Crippen molar-refractivity contribution in [1.82, 2.24) is 5.32 Å². The van der Waals surface area contributed by atoms with Crippen LogP contribution in [0.25, 0.3) is 0 Å². The van der Waals surface area contributed by atoms with Crippen LogP contribution in [0.15, 0.2) is 18.2 Å². The van der Waals surface area contributed by atoms with Crippen LogP contribution < -0.4 is 5.32 Å². The van der Waals surface area contributed by atoms with Crippen molar-refractivity contribution < 1.29 is 0 Å². The molecule has 1 saturated carbocycles. The average Bonchev–Trinajstić information content (AvgIpc) is 2.44. The van der Waals surface area contributed by atoms with E-state index in [0.717, 1.165) is 11.8 Å². The van der Waals surface area contributed by atoms with Gasteiger partial charge < -0.3 is 5.32 Å². The second-order valence-corrected chi connectivity index (χ2v) is 6.30. The summed E-state index contributed by atoms with van der Waals surface area (Å²) >= 11 is 0. The summed E-state index contributed by atoms with van der Waals surface area (Å²) in [6.07, 6.45) is 6.98. The van der Waals surface area contributed by atoms with Crippen LogP contribution in [-0.4, -0.2) is 7.05 Å². The second-order valence-electron chi connectivity index (χ2n) is 6.30. The quantitative estimate of drug-likeness (QED) is 0.820. The zero-order chi connectivity index (χ0) is 13.8. The van der Waals surface area contributed by atoms with Gasteiger partial charge in [0.15, 0.2) is 0 Å². The fraction of sp³-hybridized carbons (Fsp3) is 0.667. The molecule has 0 amide bonds. The molecular formula is C18H29N. The first-order valence-electron chi connectivity index (χ1n) is 7.90. The summed E-state index contributed by atoms with van der Waals surface area (Å²) in [5, 5.41) is 3.57. The monoisotopic (exact) mass is 259 g/mol. The standard InChI is InChI=1S/C18H29N/c1-5-15-7-10-16(11-8-15)18(19-4)17-9-6-13(2)14(3)12-17/h6,9,12,15-16,18-19H,5,7-8,10-11H2,1-4H3. The molecule has 1 aromatic rings. The van der Waals surface area contributed by atoms with Crippen molar-refractivity contribution in [3.63, 3.8) is 0 Å². The van der Waals surface area contributed by atoms with Crippen molar-refractivity contribution in [3.05, 3.63) is 34.9 Å². The van der Waals surface area contributed by atoms with E-state index in [1.165, 1.54) is 48.8 Å². The largest absolute Gasteiger partial charge is 0.313 e. The van der Waals surface area contributed by atoms with Crippen LogP contribution in [0.5, 0.6) is 0 Å². The van der Waals surface area contributed by atoms with Gasteiger partial charge in [-0.05, 0) is 62.3 Å². The summed E-state index contributed by atoms with van der Waals surface area (Å²) in [5.41, 5.74) is 4.29. The molecule has 0 spiro atoms. The summed E-state index contributed by atoms with van der Waals surface area (Å²) in [5.74, 6) is 1.79. The predicted octanol–water partition coefficient (Wildman–Crippen LogP) is 4.78. The SMILES string of the molecule is CCC1CCC(C(NC)c2ccc(C)c(C)c2)CC1. The van der Waals surface area contributed by atoms with Crippen LogP contribution in [0.4, 0.5) is 0 Å². The Bertz CT molecular complexity index is 402. The zero-order valence-corrected chi connectivity index (χ0v) is 13.0. The lowest BCUT2D eigenvalue weighted by Gasteiger charge is -2.34. The van der Waals surface area contributed by atoms with Gasteiger partial charge in [0.1, 0.15) is 0 Å². The average molecular weight is 259 g/mol. The van der Waals surface area contributed by atoms with Crippen LogP contribution in [0.3, 0.4) is 0 Å². The molecule has 0 saturated heterocycles. The smallest absolute Gasteiger partial charge is 0.0346 e. The van der Waals surface area contributed by atoms with Gasteiger partial charge in [-0.2, -0.15) is 0 Å². The Morgan fingerprint density at radius 2 is 1.79 bits per heavy atom. The van der Waals surface area contributed by atoms with Crippen LogP contribution >= 0.6 is 0 Å². The number of benzene rings is 1. The van der Waals surface area contributed by atoms with E-state index in [4.69, 9.17) is 0 Å². The lowest BCUT2D eigenvalue weighted by Crippen LogP contribution is -2.28. The highest BCUT2D eigenvalue weighted by Crippen LogP contribution is 2.38. The highest BCUT2D eigenvalue weighted by Gasteiger charge is 2.27. The highest BCUT2D eigenvalue weighted by atomic mass is 14.9. The van der Waals surface area contributed by atoms with Gasteiger partial charge in [0.2, 0.25) is 0 Å². The van der Waals surface area contributed by atoms with E-state index in [1.807, 2.05) is 0 Å². The first kappa shape index (κ1) is 14.6. The fourth-order valence-electron chi connectivity index (χ4n) is 3.56. The van der Waals surface area contributed by atoms with E-state index in [2.05, 4.69) is 51.3 Å². The highest BCUT2D eigenvalue weighted by molar-refractivity contribution is 5.32. The molecule has 1 aliphatic rings. The third-order valence-electron chi connectivity index (χ3n) is 5.14. The van der Waals surface area contributed by atoms with Gasteiger partial charge in [0.25, 0.3) is 0 Å². The topological polar surface area (TPSA) is 12.0 Å². The van der Waals surface area contributed by atoms with E-state index in [9.17, 15) is 0 Å². The maximum absolute atomic E-state index is 3.57. The number of rotatable bonds is 4. The summed E-state index contributed by atoms with van der Waals surface area (Å²) < 4.78 is 0. The van der Waals surface area contributed by atoms with Gasteiger partial charge in [-0.25, -0.2) is 0 Å². The second kappa shape index (κ2) is 6.56. The molecule has 2 rings (SSSR count). The Morgan fingerprint density at radius 3 is 2.32 bits per heavy atom. The van der Waals surface area contributed by atoms with E-state index in [0.29, 0.717) is 6.04 Å². The minimum Gasteiger partial charge on any atom is -0.313 e. The normalized spacial score (nSPS) is 25.3. The Morgan fingerprint density at radius 1 is 1.11 bits per heavy atom. The van der Waals surface area contributed by atoms with Crippen molar-refractivity contribution in [3.8, 4) is 0 Å². The third kappa shape index (κ3) is 3.39. The molecule has 1 unspecified atom stereocenters. The molecule has 0 radical (unpaired) electrons. The predicted molar refractivity (Wildman–Crippen MR) is 83.5 cm³/mol. The third-order valence-corrected chi connectivity index (χ3v) is 5.14. The van der Waals surface area contributed by atoms with Crippen molar-refractivity contribution >= 4 is 0 Å². The number of hydrogen-bond donors (Lipinski definition) is 1. The van der Waals surface area contributed by atoms with Gasteiger partial charge in [-0.3, -0.25) is 0 Å². The number of aryl methyl sites for hydroxylation is 2. The Hall–Kier alpha value is -0.820. The molecule has 1 heteroatoms. The molecule has 1 atom stereocenters. The Balaban J connectivity index is 2.09. The van der Waals surface area contributed by atoms with E-state index in [-0.39, 0.29) is 0 Å². The summed E-state index contributed by atoms with van der Waals surface area (Å²) in [6, 6.07) is 7.50. The lowest BCUT2D eigenvalue weighted by atomic mass is 9.76. The molecule has 1 aromatic carbocycles. The minimum absolute atomic E-state index is 0.539. The maximum Gasteiger partial charge on any atom is 0.0346 e. The molecule has 0 aliphatic heterocycles. The fourth-order valence-corrected chi connectivity index (χ4v) is 3.56. The number of hydrogen-bond acceptors (Lipinski definition) is 1. The zero-order valence-electron chi connectivity index (χ0n) is 13.0. The maximum atomic E-state index is 3.57. The lowest BCUT2D eigenvalue weighted by molar-refractivity contribution is 0.224. The van der Waals surface area contributed by atoms with Crippen LogP contribution in [0.2, 0.25) is 0 Å². The molecule has 19 heavy (non-hydrogen) atoms. The molecule has 0 bridgehead atoms. The van der Waals surface area contributed by atoms with Crippen molar-refractivity contribution in [2.75, 3.05) is 7.05 Å². The number of nitrogens with one attached hydrogen (secondary N) is 1. The van der Waals surface area contributed by atoms with Crippen molar-refractivity contribution in [2.24, 2.45) is 11.8 Å². The summed E-state index contributed by atoms with van der Waals surface area (Å²) in [7, 11) is 2.12. The van der Waals surface area contributed by atoms with Crippen molar-refractivity contribution in [2.45, 2.75) is 58.9 Å². The molecular weight excluding hydrogens is 230 g/mol. The van der Waals surface area contributed by atoms with E-state index in [1.54, 1.807) is 0 Å². The molecule has 1 N–H and O–H groups in total. The van der Waals surface area contributed by atoms with Gasteiger partial charge in [0.05, 0.1) is 0 Å². The van der Waals surface area contributed by atoms with Crippen LogP contribution in [0.1, 0.15) is 61.8 Å². The summed E-state index contributed by atoms with van der Waals surface area (Å²) in [6.45, 7) is 6.75. The Labute approximate surface area is 118 Å². The van der Waals surface area contributed by atoms with E-state index >= 15 is 0 Å². The molecule has 1 fully saturated rings. The molecule has 0 aromatic heterocycles. The summed E-state index contributed by atoms with van der Waals surface area (Å²) in [4.78, 5) is 0. The van der Waals surface area contributed by atoms with Gasteiger partial charge in [-0.15, -0.1) is 0 Å². The minimum atomic E-state index is 0.539. The van der Waals surface area contributed by atoms with E-state index < -0.39 is 0 Å². The van der Waals surface area contributed by atoms with Gasteiger partial charge >= 0.3 is 0 Å². The molecule has 1 aliphatic carbocycles. The van der Waals surface area contributed by atoms with Gasteiger partial charge in [-0.1, -0.05) is 44.4 Å². The molecule has 0 heterocycles.